The van der Waals surface area contributed by atoms with Crippen molar-refractivity contribution in [1.29, 1.82) is 0 Å². The molecule has 0 aliphatic heterocycles. The van der Waals surface area contributed by atoms with E-state index >= 15 is 0 Å². The fraction of sp³-hybridized carbons (Fsp3) is 0.588. The minimum Gasteiger partial charge on any atom is -0.506 e. The number of rotatable bonds is 5. The molecule has 0 radical (unpaired) electrons. The Bertz CT molecular complexity index is 506. The Kier molecular flexibility index (Phi) is 4.76. The summed E-state index contributed by atoms with van der Waals surface area (Å²) >= 11 is 0. The number of aromatic hydroxyl groups is 1. The predicted octanol–water partition coefficient (Wildman–Crippen LogP) is 3.31. The highest BCUT2D eigenvalue weighted by Crippen LogP contribution is 2.42. The summed E-state index contributed by atoms with van der Waals surface area (Å²) in [4.78, 5) is 12.2. The number of carbonyl (C=O) groups is 1. The second kappa shape index (κ2) is 6.37. The van der Waals surface area contributed by atoms with Gasteiger partial charge < -0.3 is 16.2 Å². The van der Waals surface area contributed by atoms with E-state index in [0.717, 1.165) is 13.0 Å². The van der Waals surface area contributed by atoms with Gasteiger partial charge in [0.15, 0.2) is 0 Å². The summed E-state index contributed by atoms with van der Waals surface area (Å²) in [6, 6.07) is 4.63. The van der Waals surface area contributed by atoms with E-state index in [1.807, 2.05) is 0 Å². The second-order valence-corrected chi connectivity index (χ2v) is 6.76. The first-order valence-corrected chi connectivity index (χ1v) is 7.79. The van der Waals surface area contributed by atoms with Crippen molar-refractivity contribution in [2.75, 3.05) is 12.3 Å². The summed E-state index contributed by atoms with van der Waals surface area (Å²) in [5.74, 6) is 0.460. The van der Waals surface area contributed by atoms with Crippen molar-refractivity contribution < 1.29 is 9.90 Å². The molecule has 0 unspecified atom stereocenters. The molecule has 4 heteroatoms. The van der Waals surface area contributed by atoms with Gasteiger partial charge in [-0.15, -0.1) is 0 Å². The Morgan fingerprint density at radius 1 is 1.38 bits per heavy atom. The quantitative estimate of drug-likeness (QED) is 0.575. The lowest BCUT2D eigenvalue weighted by Gasteiger charge is -2.31. The summed E-state index contributed by atoms with van der Waals surface area (Å²) in [7, 11) is 0. The molecular formula is C17H26N2O2. The van der Waals surface area contributed by atoms with Gasteiger partial charge >= 0.3 is 0 Å². The first-order valence-electron chi connectivity index (χ1n) is 7.79. The maximum atomic E-state index is 12.2. The van der Waals surface area contributed by atoms with Crippen molar-refractivity contribution in [3.8, 4) is 5.75 Å². The van der Waals surface area contributed by atoms with Crippen LogP contribution < -0.4 is 11.1 Å². The van der Waals surface area contributed by atoms with Crippen molar-refractivity contribution in [3.63, 3.8) is 0 Å². The molecule has 1 saturated carbocycles. The molecule has 1 fully saturated rings. The van der Waals surface area contributed by atoms with Crippen LogP contribution in [0, 0.1) is 11.3 Å². The third-order valence-electron chi connectivity index (χ3n) is 4.42. The molecule has 0 saturated heterocycles. The van der Waals surface area contributed by atoms with Gasteiger partial charge in [-0.3, -0.25) is 4.79 Å². The van der Waals surface area contributed by atoms with Crippen LogP contribution in [0.4, 0.5) is 5.69 Å². The lowest BCUT2D eigenvalue weighted by molar-refractivity contribution is 0.0921. The maximum absolute atomic E-state index is 12.2. The maximum Gasteiger partial charge on any atom is 0.251 e. The van der Waals surface area contributed by atoms with E-state index in [4.69, 9.17) is 5.73 Å². The van der Waals surface area contributed by atoms with Gasteiger partial charge in [-0.25, -0.2) is 0 Å². The summed E-state index contributed by atoms with van der Waals surface area (Å²) < 4.78 is 0. The number of nitrogen functional groups attached to an aromatic ring is 1. The number of hydrogen-bond donors (Lipinski definition) is 3. The molecule has 4 N–H and O–H groups in total. The fourth-order valence-electron chi connectivity index (χ4n) is 3.50. The number of nitrogens with two attached hydrogens (primary N) is 1. The zero-order valence-electron chi connectivity index (χ0n) is 13.0. The lowest BCUT2D eigenvalue weighted by Crippen LogP contribution is -2.36. The van der Waals surface area contributed by atoms with Crippen LogP contribution in [0.3, 0.4) is 0 Å². The second-order valence-electron chi connectivity index (χ2n) is 6.76. The van der Waals surface area contributed by atoms with Crippen LogP contribution in [-0.4, -0.2) is 17.6 Å². The van der Waals surface area contributed by atoms with Crippen molar-refractivity contribution >= 4 is 11.6 Å². The number of carbonyl (C=O) groups excluding carboxylic acids is 1. The molecule has 0 spiro atoms. The third-order valence-corrected chi connectivity index (χ3v) is 4.42. The monoisotopic (exact) mass is 290 g/mol. The Labute approximate surface area is 126 Å². The number of amides is 1. The van der Waals surface area contributed by atoms with Gasteiger partial charge in [0.05, 0.1) is 5.69 Å². The Hall–Kier alpha value is -1.71. The van der Waals surface area contributed by atoms with Crippen LogP contribution >= 0.6 is 0 Å². The van der Waals surface area contributed by atoms with Crippen LogP contribution in [0.2, 0.25) is 0 Å². The van der Waals surface area contributed by atoms with Crippen LogP contribution in [0.25, 0.3) is 0 Å². The summed E-state index contributed by atoms with van der Waals surface area (Å²) in [5.41, 5.74) is 6.55. The number of hydrogen-bond acceptors (Lipinski definition) is 3. The predicted molar refractivity (Wildman–Crippen MR) is 85.2 cm³/mol. The average molecular weight is 290 g/mol. The zero-order valence-corrected chi connectivity index (χ0v) is 13.0. The number of nitrogens with one attached hydrogen (secondary N) is 1. The summed E-state index contributed by atoms with van der Waals surface area (Å²) in [6.07, 6.45) is 6.05. The third kappa shape index (κ3) is 3.90. The number of phenolic OH excluding ortho intramolecular Hbond substituents is 1. The van der Waals surface area contributed by atoms with Crippen molar-refractivity contribution in [3.05, 3.63) is 23.8 Å². The molecule has 0 heterocycles. The van der Waals surface area contributed by atoms with E-state index in [-0.39, 0.29) is 17.1 Å². The van der Waals surface area contributed by atoms with Crippen LogP contribution in [0.1, 0.15) is 56.3 Å². The smallest absolute Gasteiger partial charge is 0.251 e. The molecule has 1 aliphatic carbocycles. The first-order chi connectivity index (χ1) is 9.92. The molecule has 1 aromatic carbocycles. The van der Waals surface area contributed by atoms with Gasteiger partial charge in [-0.1, -0.05) is 26.7 Å². The summed E-state index contributed by atoms with van der Waals surface area (Å²) in [6.45, 7) is 5.19. The van der Waals surface area contributed by atoms with Gasteiger partial charge in [-0.2, -0.15) is 0 Å². The first kappa shape index (κ1) is 15.7. The molecule has 116 valence electrons. The van der Waals surface area contributed by atoms with Crippen LogP contribution in [0.5, 0.6) is 5.75 Å². The molecule has 2 rings (SSSR count). The highest BCUT2D eigenvalue weighted by Gasteiger charge is 2.34. The topological polar surface area (TPSA) is 75.4 Å². The fourth-order valence-corrected chi connectivity index (χ4v) is 3.50. The standard InChI is InChI=1S/C17H26N2O2/c1-12(2)10-17(7-3-4-8-17)11-19-16(21)13-5-6-14(18)15(20)9-13/h5-6,9,12,20H,3-4,7-8,10-11,18H2,1-2H3,(H,19,21). The Morgan fingerprint density at radius 2 is 2.05 bits per heavy atom. The largest absolute Gasteiger partial charge is 0.506 e. The summed E-state index contributed by atoms with van der Waals surface area (Å²) in [5, 5.41) is 12.6. The van der Waals surface area contributed by atoms with E-state index in [9.17, 15) is 9.90 Å². The van der Waals surface area contributed by atoms with Gasteiger partial charge in [0.25, 0.3) is 5.91 Å². The van der Waals surface area contributed by atoms with Gasteiger partial charge in [0, 0.05) is 12.1 Å². The number of benzene rings is 1. The molecule has 4 nitrogen and oxygen atoms in total. The molecule has 0 bridgehead atoms. The minimum atomic E-state index is -0.139. The van der Waals surface area contributed by atoms with E-state index in [1.165, 1.54) is 31.7 Å². The van der Waals surface area contributed by atoms with Gasteiger partial charge in [0.2, 0.25) is 0 Å². The molecule has 1 aromatic rings. The Morgan fingerprint density at radius 3 is 2.62 bits per heavy atom. The van der Waals surface area contributed by atoms with E-state index in [1.54, 1.807) is 12.1 Å². The molecular weight excluding hydrogens is 264 g/mol. The molecule has 21 heavy (non-hydrogen) atoms. The average Bonchev–Trinajstić information content (AvgIpc) is 2.87. The highest BCUT2D eigenvalue weighted by atomic mass is 16.3. The number of anilines is 1. The lowest BCUT2D eigenvalue weighted by atomic mass is 9.78. The zero-order chi connectivity index (χ0) is 15.5. The molecule has 0 aromatic heterocycles. The van der Waals surface area contributed by atoms with E-state index in [2.05, 4.69) is 19.2 Å². The molecule has 0 atom stereocenters. The van der Waals surface area contributed by atoms with Gasteiger partial charge in [-0.05, 0) is 48.8 Å². The van der Waals surface area contributed by atoms with Crippen LogP contribution in [-0.2, 0) is 0 Å². The minimum absolute atomic E-state index is 0.0413. The molecule has 1 amide bonds. The van der Waals surface area contributed by atoms with Crippen molar-refractivity contribution in [2.45, 2.75) is 46.0 Å². The van der Waals surface area contributed by atoms with Crippen LogP contribution in [0.15, 0.2) is 18.2 Å². The number of phenols is 1. The normalized spacial score (nSPS) is 17.1. The van der Waals surface area contributed by atoms with E-state index in [0.29, 0.717) is 17.2 Å². The van der Waals surface area contributed by atoms with Gasteiger partial charge in [0.1, 0.15) is 5.75 Å². The SMILES string of the molecule is CC(C)CC1(CNC(=O)c2ccc(N)c(O)c2)CCCC1. The van der Waals surface area contributed by atoms with Crippen molar-refractivity contribution in [1.82, 2.24) is 5.32 Å². The van der Waals surface area contributed by atoms with Crippen molar-refractivity contribution in [2.24, 2.45) is 11.3 Å². The molecule has 1 aliphatic rings. The van der Waals surface area contributed by atoms with E-state index < -0.39 is 0 Å². The highest BCUT2D eigenvalue weighted by molar-refractivity contribution is 5.95. The Balaban J connectivity index is 2.00.